The highest BCUT2D eigenvalue weighted by Gasteiger charge is 2.45. The SMILES string of the molecule is CCC.O=C(O)CCCCC[P+](C1=CCCC=C1)(c1ccccc1)c1ccccc1. The van der Waals surface area contributed by atoms with Crippen LogP contribution in [0.3, 0.4) is 0 Å². The summed E-state index contributed by atoms with van der Waals surface area (Å²) in [6, 6.07) is 21.9. The van der Waals surface area contributed by atoms with Gasteiger partial charge in [0.2, 0.25) is 0 Å². The van der Waals surface area contributed by atoms with Crippen LogP contribution in [0.25, 0.3) is 0 Å². The Morgan fingerprint density at radius 3 is 1.90 bits per heavy atom. The molecule has 3 heteroatoms. The Morgan fingerprint density at radius 2 is 1.43 bits per heavy atom. The minimum atomic E-state index is -1.71. The van der Waals surface area contributed by atoms with Crippen LogP contribution in [-0.4, -0.2) is 17.2 Å². The molecule has 0 fully saturated rings. The number of aliphatic carboxylic acids is 1. The smallest absolute Gasteiger partial charge is 0.303 e. The van der Waals surface area contributed by atoms with Gasteiger partial charge in [-0.3, -0.25) is 4.79 Å². The predicted molar refractivity (Wildman–Crippen MR) is 132 cm³/mol. The second kappa shape index (κ2) is 13.2. The zero-order valence-electron chi connectivity index (χ0n) is 18.5. The quantitative estimate of drug-likeness (QED) is 0.350. The van der Waals surface area contributed by atoms with Gasteiger partial charge >= 0.3 is 5.97 Å². The van der Waals surface area contributed by atoms with Crippen molar-refractivity contribution in [1.29, 1.82) is 0 Å². The van der Waals surface area contributed by atoms with Gasteiger partial charge in [0.05, 0.1) is 6.16 Å². The van der Waals surface area contributed by atoms with Gasteiger partial charge in [0.1, 0.15) is 23.2 Å². The molecule has 30 heavy (non-hydrogen) atoms. The van der Waals surface area contributed by atoms with Crippen molar-refractivity contribution >= 4 is 23.8 Å². The summed E-state index contributed by atoms with van der Waals surface area (Å²) in [5.41, 5.74) is 0. The molecule has 2 aromatic carbocycles. The van der Waals surface area contributed by atoms with Crippen LogP contribution in [0.1, 0.15) is 58.8 Å². The molecule has 0 radical (unpaired) electrons. The van der Waals surface area contributed by atoms with E-state index in [1.165, 1.54) is 22.3 Å². The van der Waals surface area contributed by atoms with Gasteiger partial charge in [0.15, 0.2) is 0 Å². The fourth-order valence-corrected chi connectivity index (χ4v) is 8.41. The van der Waals surface area contributed by atoms with Crippen molar-refractivity contribution in [3.05, 3.63) is 84.2 Å². The molecule has 1 N–H and O–H groups in total. The van der Waals surface area contributed by atoms with Crippen LogP contribution >= 0.6 is 7.26 Å². The van der Waals surface area contributed by atoms with E-state index in [9.17, 15) is 4.79 Å². The molecular formula is C27H36O2P+. The van der Waals surface area contributed by atoms with E-state index in [1.807, 2.05) is 0 Å². The van der Waals surface area contributed by atoms with Gasteiger partial charge in [-0.1, -0.05) is 62.7 Å². The second-order valence-electron chi connectivity index (χ2n) is 7.72. The molecule has 0 spiro atoms. The average molecular weight is 424 g/mol. The van der Waals surface area contributed by atoms with Crippen LogP contribution in [0.4, 0.5) is 0 Å². The van der Waals surface area contributed by atoms with Crippen molar-refractivity contribution in [2.45, 2.75) is 58.8 Å². The van der Waals surface area contributed by atoms with Crippen LogP contribution in [0.2, 0.25) is 0 Å². The van der Waals surface area contributed by atoms with E-state index < -0.39 is 13.2 Å². The van der Waals surface area contributed by atoms with Crippen molar-refractivity contribution in [3.63, 3.8) is 0 Å². The second-order valence-corrected chi connectivity index (χ2v) is 11.3. The third-order valence-corrected chi connectivity index (χ3v) is 9.75. The fraction of sp³-hybridized carbons (Fsp3) is 0.370. The maximum Gasteiger partial charge on any atom is 0.303 e. The summed E-state index contributed by atoms with van der Waals surface area (Å²) in [5.74, 6) is -0.694. The first-order valence-electron chi connectivity index (χ1n) is 11.2. The summed E-state index contributed by atoms with van der Waals surface area (Å²) in [6.07, 6.45) is 14.7. The van der Waals surface area contributed by atoms with Crippen molar-refractivity contribution in [2.75, 3.05) is 6.16 Å². The first-order chi connectivity index (χ1) is 14.6. The number of carbonyl (C=O) groups is 1. The van der Waals surface area contributed by atoms with Crippen LogP contribution in [0.5, 0.6) is 0 Å². The van der Waals surface area contributed by atoms with Gasteiger partial charge in [-0.2, -0.15) is 0 Å². The molecule has 0 unspecified atom stereocenters. The van der Waals surface area contributed by atoms with Gasteiger partial charge in [-0.05, 0) is 68.5 Å². The monoisotopic (exact) mass is 423 g/mol. The summed E-state index contributed by atoms with van der Waals surface area (Å²) in [6.45, 7) is 4.25. The van der Waals surface area contributed by atoms with E-state index in [2.05, 4.69) is 92.7 Å². The molecule has 0 atom stereocenters. The number of carboxylic acid groups (broad SMARTS) is 1. The van der Waals surface area contributed by atoms with E-state index in [0.29, 0.717) is 0 Å². The minimum absolute atomic E-state index is 0.269. The zero-order valence-corrected chi connectivity index (χ0v) is 19.4. The first-order valence-corrected chi connectivity index (χ1v) is 13.2. The number of hydrogen-bond donors (Lipinski definition) is 1. The number of carboxylic acids is 1. The molecule has 160 valence electrons. The fourth-order valence-electron chi connectivity index (χ4n) is 3.88. The van der Waals surface area contributed by atoms with Crippen molar-refractivity contribution < 1.29 is 9.90 Å². The summed E-state index contributed by atoms with van der Waals surface area (Å²) in [5, 5.41) is 13.2. The molecule has 0 aromatic heterocycles. The van der Waals surface area contributed by atoms with Crippen molar-refractivity contribution in [1.82, 2.24) is 0 Å². The largest absolute Gasteiger partial charge is 0.481 e. The molecular weight excluding hydrogens is 387 g/mol. The van der Waals surface area contributed by atoms with Crippen LogP contribution in [0.15, 0.2) is 84.2 Å². The van der Waals surface area contributed by atoms with Crippen LogP contribution in [-0.2, 0) is 4.79 Å². The molecule has 2 aromatic rings. The Balaban J connectivity index is 0.00000101. The molecule has 3 rings (SSSR count). The summed E-state index contributed by atoms with van der Waals surface area (Å²) in [7, 11) is -1.71. The summed E-state index contributed by atoms with van der Waals surface area (Å²) in [4.78, 5) is 10.8. The Kier molecular flexibility index (Phi) is 10.6. The summed E-state index contributed by atoms with van der Waals surface area (Å²) >= 11 is 0. The van der Waals surface area contributed by atoms with Crippen LogP contribution < -0.4 is 10.6 Å². The van der Waals surface area contributed by atoms with E-state index in [4.69, 9.17) is 5.11 Å². The topological polar surface area (TPSA) is 37.3 Å². The Bertz CT molecular complexity index is 770. The van der Waals surface area contributed by atoms with E-state index in [-0.39, 0.29) is 6.42 Å². The number of hydrogen-bond acceptors (Lipinski definition) is 1. The third kappa shape index (κ3) is 6.67. The lowest BCUT2D eigenvalue weighted by Crippen LogP contribution is -2.26. The zero-order chi connectivity index (χ0) is 21.7. The maximum atomic E-state index is 10.8. The van der Waals surface area contributed by atoms with E-state index in [0.717, 1.165) is 38.3 Å². The Hall–Kier alpha value is -2.18. The highest BCUT2D eigenvalue weighted by atomic mass is 31.2. The lowest BCUT2D eigenvalue weighted by molar-refractivity contribution is -0.137. The molecule has 1 aliphatic carbocycles. The predicted octanol–water partition coefficient (Wildman–Crippen LogP) is 6.95. The highest BCUT2D eigenvalue weighted by Crippen LogP contribution is 2.65. The van der Waals surface area contributed by atoms with Gasteiger partial charge in [0.25, 0.3) is 0 Å². The molecule has 0 heterocycles. The average Bonchev–Trinajstić information content (AvgIpc) is 2.79. The molecule has 0 amide bonds. The molecule has 1 aliphatic rings. The Labute approximate surface area is 183 Å². The van der Waals surface area contributed by atoms with Gasteiger partial charge < -0.3 is 5.11 Å². The number of unbranched alkanes of at least 4 members (excludes halogenated alkanes) is 2. The van der Waals surface area contributed by atoms with E-state index in [1.54, 1.807) is 0 Å². The molecule has 0 aliphatic heterocycles. The van der Waals surface area contributed by atoms with Gasteiger partial charge in [0, 0.05) is 6.42 Å². The molecule has 0 saturated heterocycles. The van der Waals surface area contributed by atoms with E-state index >= 15 is 0 Å². The van der Waals surface area contributed by atoms with Crippen LogP contribution in [0, 0.1) is 0 Å². The lowest BCUT2D eigenvalue weighted by atomic mass is 10.2. The van der Waals surface area contributed by atoms with Crippen molar-refractivity contribution in [2.24, 2.45) is 0 Å². The number of rotatable bonds is 9. The third-order valence-electron chi connectivity index (χ3n) is 5.19. The maximum absolute atomic E-state index is 10.8. The van der Waals surface area contributed by atoms with Gasteiger partial charge in [-0.25, -0.2) is 0 Å². The number of allylic oxidation sites excluding steroid dienone is 4. The molecule has 0 bridgehead atoms. The minimum Gasteiger partial charge on any atom is -0.481 e. The number of benzene rings is 2. The Morgan fingerprint density at radius 1 is 0.867 bits per heavy atom. The van der Waals surface area contributed by atoms with Gasteiger partial charge in [-0.15, -0.1) is 0 Å². The molecule has 2 nitrogen and oxygen atoms in total. The highest BCUT2D eigenvalue weighted by molar-refractivity contribution is 7.93. The lowest BCUT2D eigenvalue weighted by Gasteiger charge is -2.29. The summed E-state index contributed by atoms with van der Waals surface area (Å²) < 4.78 is 0. The standard InChI is InChI=1S/C24H27O2P.C3H8/c25-24(26)19-11-4-12-20-27(21-13-5-1-6-14-21,22-15-7-2-8-16-22)23-17-9-3-10-18-23;1-3-2/h1-2,5-9,13-18H,3-4,10-12,19-20H2;3H2,1-2H3/p+1. The normalized spacial score (nSPS) is 13.2. The molecule has 0 saturated carbocycles. The first kappa shape index (κ1) is 24.1. The van der Waals surface area contributed by atoms with Crippen molar-refractivity contribution in [3.8, 4) is 0 Å².